The molecule has 0 aliphatic carbocycles. The third-order valence-electron chi connectivity index (χ3n) is 4.95. The van der Waals surface area contributed by atoms with Crippen molar-refractivity contribution >= 4 is 11.8 Å². The fourth-order valence-corrected chi connectivity index (χ4v) is 4.00. The van der Waals surface area contributed by atoms with Crippen LogP contribution in [0.5, 0.6) is 0 Å². The summed E-state index contributed by atoms with van der Waals surface area (Å²) >= 11 is 0. The molecule has 0 saturated carbocycles. The van der Waals surface area contributed by atoms with Crippen molar-refractivity contribution < 1.29 is 9.59 Å². The van der Waals surface area contributed by atoms with Crippen LogP contribution < -0.4 is 5.32 Å². The van der Waals surface area contributed by atoms with Crippen molar-refractivity contribution in [3.63, 3.8) is 0 Å². The zero-order chi connectivity index (χ0) is 14.9. The van der Waals surface area contributed by atoms with Gasteiger partial charge >= 0.3 is 0 Å². The highest BCUT2D eigenvalue weighted by Crippen LogP contribution is 2.45. The van der Waals surface area contributed by atoms with Gasteiger partial charge in [0.2, 0.25) is 11.8 Å². The Hall–Kier alpha value is -1.68. The van der Waals surface area contributed by atoms with E-state index in [0.717, 1.165) is 32.5 Å². The molecule has 2 aliphatic rings. The molecular formula is C17H22N2O2. The summed E-state index contributed by atoms with van der Waals surface area (Å²) in [6, 6.07) is 10.4. The first-order valence-corrected chi connectivity index (χ1v) is 7.73. The molecule has 1 aromatic rings. The highest BCUT2D eigenvalue weighted by atomic mass is 16.2. The van der Waals surface area contributed by atoms with Crippen LogP contribution in [0.25, 0.3) is 0 Å². The fraction of sp³-hybridized carbons (Fsp3) is 0.529. The molecule has 2 heterocycles. The molecule has 4 heteroatoms. The first-order valence-electron chi connectivity index (χ1n) is 7.73. The Morgan fingerprint density at radius 3 is 2.76 bits per heavy atom. The fourth-order valence-electron chi connectivity index (χ4n) is 4.00. The predicted molar refractivity (Wildman–Crippen MR) is 80.3 cm³/mol. The quantitative estimate of drug-likeness (QED) is 0.864. The van der Waals surface area contributed by atoms with Crippen LogP contribution in [0.2, 0.25) is 0 Å². The number of hydrogen-bond donors (Lipinski definition) is 1. The SMILES string of the molecule is CCC1C(=O)NC(=O)CC12CCN(Cc1ccccc1)C2. The smallest absolute Gasteiger partial charge is 0.230 e. The molecule has 0 aromatic heterocycles. The number of rotatable bonds is 3. The summed E-state index contributed by atoms with van der Waals surface area (Å²) in [5, 5.41) is 2.50. The number of piperidine rings is 1. The number of nitrogens with one attached hydrogen (secondary N) is 1. The molecule has 3 rings (SSSR count). The first kappa shape index (κ1) is 14.3. The molecule has 0 bridgehead atoms. The van der Waals surface area contributed by atoms with E-state index in [2.05, 4.69) is 22.3 Å². The van der Waals surface area contributed by atoms with Crippen LogP contribution in [0.3, 0.4) is 0 Å². The summed E-state index contributed by atoms with van der Waals surface area (Å²) in [5.41, 5.74) is 1.14. The van der Waals surface area contributed by atoms with Crippen molar-refractivity contribution in [1.29, 1.82) is 0 Å². The molecule has 1 spiro atoms. The minimum Gasteiger partial charge on any atom is -0.298 e. The van der Waals surface area contributed by atoms with Gasteiger partial charge in [-0.1, -0.05) is 37.3 Å². The largest absolute Gasteiger partial charge is 0.298 e. The van der Waals surface area contributed by atoms with Gasteiger partial charge in [-0.25, -0.2) is 0 Å². The molecule has 2 aliphatic heterocycles. The molecule has 0 radical (unpaired) electrons. The molecule has 2 amide bonds. The summed E-state index contributed by atoms with van der Waals surface area (Å²) in [6.45, 7) is 4.75. The molecule has 21 heavy (non-hydrogen) atoms. The minimum atomic E-state index is -0.150. The Bertz CT molecular complexity index is 543. The lowest BCUT2D eigenvalue weighted by atomic mass is 9.68. The van der Waals surface area contributed by atoms with Gasteiger partial charge in [0.15, 0.2) is 0 Å². The van der Waals surface area contributed by atoms with Crippen LogP contribution in [0.1, 0.15) is 31.7 Å². The Morgan fingerprint density at radius 2 is 2.05 bits per heavy atom. The Morgan fingerprint density at radius 1 is 1.29 bits per heavy atom. The Labute approximate surface area is 125 Å². The van der Waals surface area contributed by atoms with E-state index in [1.165, 1.54) is 5.56 Å². The normalized spacial score (nSPS) is 29.9. The van der Waals surface area contributed by atoms with Gasteiger partial charge in [-0.3, -0.25) is 19.8 Å². The van der Waals surface area contributed by atoms with Gasteiger partial charge in [0, 0.05) is 30.8 Å². The Kier molecular flexibility index (Phi) is 3.81. The molecule has 2 atom stereocenters. The molecular weight excluding hydrogens is 264 g/mol. The maximum Gasteiger partial charge on any atom is 0.230 e. The van der Waals surface area contributed by atoms with Gasteiger partial charge in [-0.15, -0.1) is 0 Å². The summed E-state index contributed by atoms with van der Waals surface area (Å²) in [6.07, 6.45) is 2.23. The van der Waals surface area contributed by atoms with Gasteiger partial charge in [-0.2, -0.15) is 0 Å². The Balaban J connectivity index is 1.74. The second-order valence-electron chi connectivity index (χ2n) is 6.36. The van der Waals surface area contributed by atoms with Crippen molar-refractivity contribution in [3.8, 4) is 0 Å². The average Bonchev–Trinajstić information content (AvgIpc) is 2.82. The third-order valence-corrected chi connectivity index (χ3v) is 4.95. The highest BCUT2D eigenvalue weighted by Gasteiger charge is 2.50. The number of likely N-dealkylation sites (tertiary alicyclic amines) is 1. The molecule has 2 unspecified atom stereocenters. The van der Waals surface area contributed by atoms with Crippen molar-refractivity contribution in [2.24, 2.45) is 11.3 Å². The van der Waals surface area contributed by atoms with Crippen LogP contribution in [0, 0.1) is 11.3 Å². The lowest BCUT2D eigenvalue weighted by molar-refractivity contribution is -0.143. The number of hydrogen-bond acceptors (Lipinski definition) is 3. The second kappa shape index (κ2) is 5.60. The van der Waals surface area contributed by atoms with E-state index in [9.17, 15) is 9.59 Å². The van der Waals surface area contributed by atoms with E-state index < -0.39 is 0 Å². The zero-order valence-electron chi connectivity index (χ0n) is 12.5. The monoisotopic (exact) mass is 286 g/mol. The lowest BCUT2D eigenvalue weighted by Crippen LogP contribution is -2.53. The predicted octanol–water partition coefficient (Wildman–Crippen LogP) is 1.95. The summed E-state index contributed by atoms with van der Waals surface area (Å²) in [5.74, 6) is -0.211. The van der Waals surface area contributed by atoms with E-state index in [1.54, 1.807) is 0 Å². The number of amides is 2. The molecule has 2 saturated heterocycles. The summed E-state index contributed by atoms with van der Waals surface area (Å²) < 4.78 is 0. The summed E-state index contributed by atoms with van der Waals surface area (Å²) in [4.78, 5) is 26.3. The van der Waals surface area contributed by atoms with E-state index in [0.29, 0.717) is 6.42 Å². The molecule has 1 N–H and O–H groups in total. The first-order chi connectivity index (χ1) is 10.1. The van der Waals surface area contributed by atoms with Crippen molar-refractivity contribution in [2.75, 3.05) is 13.1 Å². The topological polar surface area (TPSA) is 49.4 Å². The number of imide groups is 1. The van der Waals surface area contributed by atoms with Crippen molar-refractivity contribution in [2.45, 2.75) is 32.7 Å². The molecule has 1 aromatic carbocycles. The third kappa shape index (κ3) is 2.72. The number of carbonyl (C=O) groups is 2. The lowest BCUT2D eigenvalue weighted by Gasteiger charge is -2.39. The van der Waals surface area contributed by atoms with Gasteiger partial charge < -0.3 is 0 Å². The van der Waals surface area contributed by atoms with E-state index in [1.807, 2.05) is 25.1 Å². The van der Waals surface area contributed by atoms with Crippen LogP contribution >= 0.6 is 0 Å². The summed E-state index contributed by atoms with van der Waals surface area (Å²) in [7, 11) is 0. The standard InChI is InChI=1S/C17H22N2O2/c1-2-14-16(21)18-15(20)10-17(14)8-9-19(12-17)11-13-6-4-3-5-7-13/h3-7,14H,2,8-12H2,1H3,(H,18,20,21). The number of carbonyl (C=O) groups excluding carboxylic acids is 2. The molecule has 112 valence electrons. The minimum absolute atomic E-state index is 0.0315. The molecule has 4 nitrogen and oxygen atoms in total. The van der Waals surface area contributed by atoms with Crippen molar-refractivity contribution in [1.82, 2.24) is 10.2 Å². The van der Waals surface area contributed by atoms with Crippen LogP contribution in [0.4, 0.5) is 0 Å². The highest BCUT2D eigenvalue weighted by molar-refractivity contribution is 5.99. The van der Waals surface area contributed by atoms with Gasteiger partial charge in [-0.05, 0) is 24.9 Å². The maximum absolute atomic E-state index is 12.1. The molecule has 2 fully saturated rings. The second-order valence-corrected chi connectivity index (χ2v) is 6.36. The zero-order valence-corrected chi connectivity index (χ0v) is 12.5. The van der Waals surface area contributed by atoms with Crippen LogP contribution in [-0.4, -0.2) is 29.8 Å². The van der Waals surface area contributed by atoms with E-state index in [4.69, 9.17) is 0 Å². The van der Waals surface area contributed by atoms with Crippen molar-refractivity contribution in [3.05, 3.63) is 35.9 Å². The maximum atomic E-state index is 12.1. The number of nitrogens with zero attached hydrogens (tertiary/aromatic N) is 1. The average molecular weight is 286 g/mol. The number of benzene rings is 1. The van der Waals surface area contributed by atoms with Gasteiger partial charge in [0.05, 0.1) is 0 Å². The van der Waals surface area contributed by atoms with Gasteiger partial charge in [0.25, 0.3) is 0 Å². The van der Waals surface area contributed by atoms with E-state index in [-0.39, 0.29) is 23.1 Å². The van der Waals surface area contributed by atoms with E-state index >= 15 is 0 Å². The van der Waals surface area contributed by atoms with Crippen LogP contribution in [-0.2, 0) is 16.1 Å². The van der Waals surface area contributed by atoms with Crippen LogP contribution in [0.15, 0.2) is 30.3 Å². The van der Waals surface area contributed by atoms with Gasteiger partial charge in [0.1, 0.15) is 0 Å².